The van der Waals surface area contributed by atoms with E-state index in [4.69, 9.17) is 0 Å². The van der Waals surface area contributed by atoms with Gasteiger partial charge in [-0.15, -0.1) is 0 Å². The molecule has 1 N–H and O–H groups in total. The van der Waals surface area contributed by atoms with Crippen LogP contribution in [0.3, 0.4) is 0 Å². The summed E-state index contributed by atoms with van der Waals surface area (Å²) in [7, 11) is 0. The smallest absolute Gasteiger partial charge is 0.189 e. The SMILES string of the molecule is CSc1ncc2c(n1)N(C1CCCC1)C(O)C=C2C. The first-order chi connectivity index (χ1) is 9.20. The van der Waals surface area contributed by atoms with Gasteiger partial charge in [0.15, 0.2) is 5.16 Å². The summed E-state index contributed by atoms with van der Waals surface area (Å²) in [5.74, 6) is 0.902. The number of aromatic nitrogens is 2. The molecule has 19 heavy (non-hydrogen) atoms. The molecule has 1 unspecified atom stereocenters. The monoisotopic (exact) mass is 277 g/mol. The number of allylic oxidation sites excluding steroid dienone is 1. The molecule has 0 amide bonds. The van der Waals surface area contributed by atoms with Crippen molar-refractivity contribution in [2.75, 3.05) is 11.2 Å². The van der Waals surface area contributed by atoms with Gasteiger partial charge >= 0.3 is 0 Å². The van der Waals surface area contributed by atoms with Crippen LogP contribution in [0.5, 0.6) is 0 Å². The Morgan fingerprint density at radius 1 is 1.37 bits per heavy atom. The van der Waals surface area contributed by atoms with Crippen molar-refractivity contribution in [1.82, 2.24) is 9.97 Å². The predicted octanol–water partition coefficient (Wildman–Crippen LogP) is 2.68. The number of hydrogen-bond donors (Lipinski definition) is 1. The van der Waals surface area contributed by atoms with Gasteiger partial charge in [-0.2, -0.15) is 0 Å². The Bertz CT molecular complexity index is 511. The van der Waals surface area contributed by atoms with Crippen molar-refractivity contribution in [2.45, 2.75) is 50.0 Å². The van der Waals surface area contributed by atoms with E-state index in [1.165, 1.54) is 24.6 Å². The van der Waals surface area contributed by atoms with Crippen LogP contribution in [0.25, 0.3) is 5.57 Å². The molecule has 0 aromatic carbocycles. The highest BCUT2D eigenvalue weighted by atomic mass is 32.2. The van der Waals surface area contributed by atoms with Gasteiger partial charge in [0.1, 0.15) is 12.0 Å². The van der Waals surface area contributed by atoms with Gasteiger partial charge in [0.05, 0.1) is 0 Å². The van der Waals surface area contributed by atoms with Gasteiger partial charge in [-0.05, 0) is 37.7 Å². The standard InChI is InChI=1S/C14H19N3OS/c1-9-7-12(18)17(10-5-3-4-6-10)13-11(9)8-15-14(16-13)19-2/h7-8,10,12,18H,3-6H2,1-2H3. The molecular weight excluding hydrogens is 258 g/mol. The molecule has 0 radical (unpaired) electrons. The van der Waals surface area contributed by atoms with Crippen molar-refractivity contribution in [3.63, 3.8) is 0 Å². The first-order valence-corrected chi connectivity index (χ1v) is 7.99. The molecule has 2 heterocycles. The fourth-order valence-electron chi connectivity index (χ4n) is 3.02. The molecule has 2 aliphatic rings. The Labute approximate surface area is 117 Å². The van der Waals surface area contributed by atoms with Crippen LogP contribution in [-0.2, 0) is 0 Å². The van der Waals surface area contributed by atoms with E-state index in [9.17, 15) is 5.11 Å². The molecular formula is C14H19N3OS. The van der Waals surface area contributed by atoms with Crippen LogP contribution in [0, 0.1) is 0 Å². The number of nitrogens with zero attached hydrogens (tertiary/aromatic N) is 3. The molecule has 1 aromatic heterocycles. The fraction of sp³-hybridized carbons (Fsp3) is 0.571. The number of fused-ring (bicyclic) bond motifs is 1. The zero-order chi connectivity index (χ0) is 13.4. The zero-order valence-corrected chi connectivity index (χ0v) is 12.2. The first kappa shape index (κ1) is 12.9. The summed E-state index contributed by atoms with van der Waals surface area (Å²) in [6, 6.07) is 0.405. The molecule has 102 valence electrons. The first-order valence-electron chi connectivity index (χ1n) is 6.77. The van der Waals surface area contributed by atoms with Gasteiger partial charge in [-0.1, -0.05) is 24.6 Å². The topological polar surface area (TPSA) is 49.2 Å². The lowest BCUT2D eigenvalue weighted by molar-refractivity contribution is 0.201. The van der Waals surface area contributed by atoms with Crippen LogP contribution < -0.4 is 4.90 Å². The lowest BCUT2D eigenvalue weighted by Gasteiger charge is -2.37. The van der Waals surface area contributed by atoms with Crippen LogP contribution in [-0.4, -0.2) is 33.6 Å². The van der Waals surface area contributed by atoms with Gasteiger partial charge < -0.3 is 10.0 Å². The van der Waals surface area contributed by atoms with Crippen molar-refractivity contribution < 1.29 is 5.11 Å². The Morgan fingerprint density at radius 2 is 2.11 bits per heavy atom. The lowest BCUT2D eigenvalue weighted by Crippen LogP contribution is -2.44. The maximum absolute atomic E-state index is 10.4. The fourth-order valence-corrected chi connectivity index (χ4v) is 3.36. The normalized spacial score (nSPS) is 23.4. The highest BCUT2D eigenvalue weighted by Gasteiger charge is 2.32. The number of aliphatic hydroxyl groups is 1. The molecule has 1 atom stereocenters. The maximum Gasteiger partial charge on any atom is 0.189 e. The second-order valence-corrected chi connectivity index (χ2v) is 5.98. The van der Waals surface area contributed by atoms with E-state index in [1.54, 1.807) is 0 Å². The molecule has 4 nitrogen and oxygen atoms in total. The summed E-state index contributed by atoms with van der Waals surface area (Å²) in [6.45, 7) is 2.01. The summed E-state index contributed by atoms with van der Waals surface area (Å²) < 4.78 is 0. The van der Waals surface area contributed by atoms with Crippen LogP contribution in [0.2, 0.25) is 0 Å². The summed E-state index contributed by atoms with van der Waals surface area (Å²) in [5.41, 5.74) is 2.11. The number of hydrogen-bond acceptors (Lipinski definition) is 5. The summed E-state index contributed by atoms with van der Waals surface area (Å²) in [6.07, 6.45) is 9.98. The van der Waals surface area contributed by atoms with E-state index in [2.05, 4.69) is 14.9 Å². The molecule has 1 aromatic rings. The van der Waals surface area contributed by atoms with Gasteiger partial charge in [0.2, 0.25) is 0 Å². The lowest BCUT2D eigenvalue weighted by atomic mass is 10.0. The van der Waals surface area contributed by atoms with Crippen LogP contribution >= 0.6 is 11.8 Å². The van der Waals surface area contributed by atoms with Crippen molar-refractivity contribution >= 4 is 23.2 Å². The van der Waals surface area contributed by atoms with Crippen LogP contribution in [0.4, 0.5) is 5.82 Å². The average Bonchev–Trinajstić information content (AvgIpc) is 2.92. The molecule has 1 aliphatic carbocycles. The van der Waals surface area contributed by atoms with E-state index in [-0.39, 0.29) is 0 Å². The van der Waals surface area contributed by atoms with Crippen LogP contribution in [0.1, 0.15) is 38.2 Å². The summed E-state index contributed by atoms with van der Waals surface area (Å²) >= 11 is 1.54. The molecule has 0 spiro atoms. The molecule has 1 saturated carbocycles. The molecule has 0 bridgehead atoms. The van der Waals surface area contributed by atoms with E-state index >= 15 is 0 Å². The van der Waals surface area contributed by atoms with Gasteiger partial charge in [0, 0.05) is 17.8 Å². The second kappa shape index (κ2) is 5.13. The van der Waals surface area contributed by atoms with E-state index in [1.807, 2.05) is 25.5 Å². The van der Waals surface area contributed by atoms with E-state index in [0.717, 1.165) is 35.0 Å². The van der Waals surface area contributed by atoms with Crippen molar-refractivity contribution in [1.29, 1.82) is 0 Å². The number of anilines is 1. The molecule has 0 saturated heterocycles. The van der Waals surface area contributed by atoms with Gasteiger partial charge in [-0.3, -0.25) is 0 Å². The molecule has 1 aliphatic heterocycles. The largest absolute Gasteiger partial charge is 0.370 e. The Kier molecular flexibility index (Phi) is 3.50. The Hall–Kier alpha value is -1.07. The van der Waals surface area contributed by atoms with Gasteiger partial charge in [0.25, 0.3) is 0 Å². The Balaban J connectivity index is 2.06. The van der Waals surface area contributed by atoms with Crippen molar-refractivity contribution in [3.05, 3.63) is 17.8 Å². The zero-order valence-electron chi connectivity index (χ0n) is 11.3. The number of thioether (sulfide) groups is 1. The highest BCUT2D eigenvalue weighted by molar-refractivity contribution is 7.98. The van der Waals surface area contributed by atoms with Crippen molar-refractivity contribution in [2.24, 2.45) is 0 Å². The third-order valence-corrected chi connectivity index (χ3v) is 4.56. The third kappa shape index (κ3) is 2.25. The molecule has 1 fully saturated rings. The Morgan fingerprint density at radius 3 is 2.79 bits per heavy atom. The number of rotatable bonds is 2. The minimum Gasteiger partial charge on any atom is -0.370 e. The maximum atomic E-state index is 10.4. The van der Waals surface area contributed by atoms with E-state index < -0.39 is 6.23 Å². The molecule has 3 rings (SSSR count). The highest BCUT2D eigenvalue weighted by Crippen LogP contribution is 2.37. The number of aliphatic hydroxyl groups excluding tert-OH is 1. The van der Waals surface area contributed by atoms with Crippen molar-refractivity contribution in [3.8, 4) is 0 Å². The minimum atomic E-state index is -0.555. The summed E-state index contributed by atoms with van der Waals surface area (Å²) in [5, 5.41) is 11.2. The van der Waals surface area contributed by atoms with Gasteiger partial charge in [-0.25, -0.2) is 9.97 Å². The van der Waals surface area contributed by atoms with Crippen LogP contribution in [0.15, 0.2) is 17.4 Å². The van der Waals surface area contributed by atoms with E-state index in [0.29, 0.717) is 6.04 Å². The third-order valence-electron chi connectivity index (χ3n) is 4.00. The minimum absolute atomic E-state index is 0.405. The summed E-state index contributed by atoms with van der Waals surface area (Å²) in [4.78, 5) is 11.1. The second-order valence-electron chi connectivity index (χ2n) is 5.20. The molecule has 5 heteroatoms. The average molecular weight is 277 g/mol. The predicted molar refractivity (Wildman–Crippen MR) is 78.2 cm³/mol. The quantitative estimate of drug-likeness (QED) is 0.665.